The molecule has 18 heavy (non-hydrogen) atoms. The summed E-state index contributed by atoms with van der Waals surface area (Å²) >= 11 is 0. The van der Waals surface area contributed by atoms with E-state index in [0.717, 1.165) is 5.56 Å². The molecule has 1 aromatic rings. The van der Waals surface area contributed by atoms with Crippen molar-refractivity contribution in [2.24, 2.45) is 5.73 Å². The van der Waals surface area contributed by atoms with Crippen LogP contribution in [-0.4, -0.2) is 24.6 Å². The van der Waals surface area contributed by atoms with Crippen molar-refractivity contribution in [2.45, 2.75) is 25.0 Å². The lowest BCUT2D eigenvalue weighted by Gasteiger charge is -2.21. The molecule has 3 unspecified atom stereocenters. The summed E-state index contributed by atoms with van der Waals surface area (Å²) in [6.45, 7) is 2.10. The zero-order chi connectivity index (χ0) is 12.7. The molecule has 0 saturated carbocycles. The van der Waals surface area contributed by atoms with Crippen LogP contribution in [0.5, 0.6) is 5.75 Å². The number of hydrazine groups is 1. The number of carbonyl (C=O) groups excluding carboxylic acids is 1. The third-order valence-corrected chi connectivity index (χ3v) is 3.42. The van der Waals surface area contributed by atoms with E-state index >= 15 is 0 Å². The number of carbonyl (C=O) groups is 1. The molecular formula is C12H16N4O2. The van der Waals surface area contributed by atoms with E-state index in [0.29, 0.717) is 11.4 Å². The summed E-state index contributed by atoms with van der Waals surface area (Å²) in [7, 11) is 0. The molecule has 0 bridgehead atoms. The van der Waals surface area contributed by atoms with Gasteiger partial charge in [0.25, 0.3) is 5.91 Å². The van der Waals surface area contributed by atoms with Crippen molar-refractivity contribution in [3.63, 3.8) is 0 Å². The molecule has 1 saturated heterocycles. The van der Waals surface area contributed by atoms with Crippen LogP contribution in [0.15, 0.2) is 18.2 Å². The average molecular weight is 248 g/mol. The van der Waals surface area contributed by atoms with Crippen molar-refractivity contribution >= 4 is 11.6 Å². The molecule has 0 spiro atoms. The normalized spacial score (nSPS) is 30.6. The Morgan fingerprint density at radius 3 is 2.94 bits per heavy atom. The maximum absolute atomic E-state index is 11.3. The molecule has 2 aliphatic heterocycles. The lowest BCUT2D eigenvalue weighted by Crippen LogP contribution is -2.35. The first kappa shape index (κ1) is 11.5. The SMILES string of the molecule is CC1NNC(c2ccc3c(c2)NC(=O)CO3)C1N. The third kappa shape index (κ3) is 1.84. The number of nitrogens with two attached hydrogens (primary N) is 1. The number of ether oxygens (including phenoxy) is 1. The van der Waals surface area contributed by atoms with E-state index in [2.05, 4.69) is 16.2 Å². The van der Waals surface area contributed by atoms with Crippen molar-refractivity contribution in [2.75, 3.05) is 11.9 Å². The van der Waals surface area contributed by atoms with E-state index in [1.54, 1.807) is 0 Å². The summed E-state index contributed by atoms with van der Waals surface area (Å²) in [6, 6.07) is 5.96. The molecule has 1 amide bonds. The number of nitrogens with one attached hydrogen (secondary N) is 3. The predicted octanol–water partition coefficient (Wildman–Crippen LogP) is -0.118. The predicted molar refractivity (Wildman–Crippen MR) is 67.0 cm³/mol. The lowest BCUT2D eigenvalue weighted by molar-refractivity contribution is -0.118. The number of hydrogen-bond donors (Lipinski definition) is 4. The minimum atomic E-state index is -0.130. The summed E-state index contributed by atoms with van der Waals surface area (Å²) in [5, 5.41) is 2.80. The van der Waals surface area contributed by atoms with Gasteiger partial charge in [0.05, 0.1) is 11.7 Å². The number of rotatable bonds is 1. The fourth-order valence-corrected chi connectivity index (χ4v) is 2.30. The van der Waals surface area contributed by atoms with Crippen LogP contribution in [0.2, 0.25) is 0 Å². The molecule has 0 radical (unpaired) electrons. The molecular weight excluding hydrogens is 232 g/mol. The van der Waals surface area contributed by atoms with Gasteiger partial charge in [-0.25, -0.2) is 5.43 Å². The van der Waals surface area contributed by atoms with Gasteiger partial charge in [0.2, 0.25) is 0 Å². The Labute approximate surface area is 105 Å². The largest absolute Gasteiger partial charge is 0.482 e. The Morgan fingerprint density at radius 2 is 2.22 bits per heavy atom. The summed E-state index contributed by atoms with van der Waals surface area (Å²) < 4.78 is 5.32. The van der Waals surface area contributed by atoms with Crippen molar-refractivity contribution < 1.29 is 9.53 Å². The number of hydrogen-bond acceptors (Lipinski definition) is 5. The topological polar surface area (TPSA) is 88.4 Å². The fraction of sp³-hybridized carbons (Fsp3) is 0.417. The number of amides is 1. The van der Waals surface area contributed by atoms with Gasteiger partial charge < -0.3 is 15.8 Å². The minimum absolute atomic E-state index is 0.0109. The molecule has 3 atom stereocenters. The Hall–Kier alpha value is -1.63. The Morgan fingerprint density at radius 1 is 1.39 bits per heavy atom. The second-order valence-electron chi connectivity index (χ2n) is 4.72. The highest BCUT2D eigenvalue weighted by atomic mass is 16.5. The molecule has 2 aliphatic rings. The van der Waals surface area contributed by atoms with Crippen LogP contribution in [-0.2, 0) is 4.79 Å². The van der Waals surface area contributed by atoms with Gasteiger partial charge in [0.15, 0.2) is 6.61 Å². The first-order chi connectivity index (χ1) is 8.65. The highest BCUT2D eigenvalue weighted by molar-refractivity contribution is 5.95. The zero-order valence-electron chi connectivity index (χ0n) is 10.1. The summed E-state index contributed by atoms with van der Waals surface area (Å²) in [6.07, 6.45) is 0. The van der Waals surface area contributed by atoms with E-state index in [1.807, 2.05) is 25.1 Å². The zero-order valence-corrected chi connectivity index (χ0v) is 10.1. The van der Waals surface area contributed by atoms with Crippen molar-refractivity contribution in [1.29, 1.82) is 0 Å². The van der Waals surface area contributed by atoms with E-state index in [-0.39, 0.29) is 30.6 Å². The van der Waals surface area contributed by atoms with Gasteiger partial charge in [-0.1, -0.05) is 6.07 Å². The standard InChI is InChI=1S/C12H16N4O2/c1-6-11(13)12(16-15-6)7-2-3-9-8(4-7)14-10(17)5-18-9/h2-4,6,11-12,15-16H,5,13H2,1H3,(H,14,17). The molecule has 1 fully saturated rings. The number of fused-ring (bicyclic) bond motifs is 1. The van der Waals surface area contributed by atoms with E-state index in [4.69, 9.17) is 10.5 Å². The second-order valence-corrected chi connectivity index (χ2v) is 4.72. The fourth-order valence-electron chi connectivity index (χ4n) is 2.30. The first-order valence-corrected chi connectivity index (χ1v) is 5.98. The van der Waals surface area contributed by atoms with Crippen LogP contribution in [0.25, 0.3) is 0 Å². The van der Waals surface area contributed by atoms with Gasteiger partial charge in [-0.2, -0.15) is 0 Å². The lowest BCUT2D eigenvalue weighted by atomic mass is 9.97. The van der Waals surface area contributed by atoms with Crippen LogP contribution in [0.1, 0.15) is 18.5 Å². The van der Waals surface area contributed by atoms with Crippen molar-refractivity contribution in [1.82, 2.24) is 10.9 Å². The molecule has 0 aromatic heterocycles. The molecule has 1 aromatic carbocycles. The maximum Gasteiger partial charge on any atom is 0.262 e. The van der Waals surface area contributed by atoms with Crippen LogP contribution >= 0.6 is 0 Å². The monoisotopic (exact) mass is 248 g/mol. The highest BCUT2D eigenvalue weighted by Gasteiger charge is 2.31. The smallest absolute Gasteiger partial charge is 0.262 e. The van der Waals surface area contributed by atoms with Gasteiger partial charge in [-0.05, 0) is 24.6 Å². The molecule has 96 valence electrons. The first-order valence-electron chi connectivity index (χ1n) is 5.98. The van der Waals surface area contributed by atoms with Crippen LogP contribution in [0, 0.1) is 0 Å². The quantitative estimate of drug-likeness (QED) is 0.556. The summed E-state index contributed by atoms with van der Waals surface area (Å²) in [4.78, 5) is 11.3. The van der Waals surface area contributed by atoms with Gasteiger partial charge in [0.1, 0.15) is 5.75 Å². The van der Waals surface area contributed by atoms with E-state index < -0.39 is 0 Å². The summed E-state index contributed by atoms with van der Waals surface area (Å²) in [5.41, 5.74) is 14.1. The van der Waals surface area contributed by atoms with Gasteiger partial charge in [-0.15, -0.1) is 0 Å². The highest BCUT2D eigenvalue weighted by Crippen LogP contribution is 2.32. The Kier molecular flexibility index (Phi) is 2.70. The van der Waals surface area contributed by atoms with Gasteiger partial charge in [-0.3, -0.25) is 10.2 Å². The number of benzene rings is 1. The minimum Gasteiger partial charge on any atom is -0.482 e. The Bertz CT molecular complexity index is 491. The van der Waals surface area contributed by atoms with Crippen LogP contribution in [0.3, 0.4) is 0 Å². The van der Waals surface area contributed by atoms with E-state index in [9.17, 15) is 4.79 Å². The maximum atomic E-state index is 11.3. The number of anilines is 1. The summed E-state index contributed by atoms with van der Waals surface area (Å²) in [5.74, 6) is 0.570. The molecule has 0 aliphatic carbocycles. The van der Waals surface area contributed by atoms with Crippen LogP contribution < -0.4 is 26.6 Å². The molecule has 5 N–H and O–H groups in total. The van der Waals surface area contributed by atoms with Crippen molar-refractivity contribution in [3.8, 4) is 5.75 Å². The van der Waals surface area contributed by atoms with Crippen molar-refractivity contribution in [3.05, 3.63) is 23.8 Å². The van der Waals surface area contributed by atoms with Gasteiger partial charge in [0, 0.05) is 12.1 Å². The Balaban J connectivity index is 1.90. The molecule has 6 heteroatoms. The molecule has 2 heterocycles. The van der Waals surface area contributed by atoms with Crippen LogP contribution in [0.4, 0.5) is 5.69 Å². The van der Waals surface area contributed by atoms with E-state index in [1.165, 1.54) is 0 Å². The average Bonchev–Trinajstić information content (AvgIpc) is 2.69. The molecule has 6 nitrogen and oxygen atoms in total. The molecule has 3 rings (SSSR count). The third-order valence-electron chi connectivity index (χ3n) is 3.42. The van der Waals surface area contributed by atoms with Gasteiger partial charge >= 0.3 is 0 Å². The second kappa shape index (κ2) is 4.24.